The molecule has 0 fully saturated rings. The number of aromatic nitrogens is 2. The summed E-state index contributed by atoms with van der Waals surface area (Å²) in [5.74, 6) is -0.341. The second-order valence-electron chi connectivity index (χ2n) is 3.24. The highest BCUT2D eigenvalue weighted by Crippen LogP contribution is 2.17. The lowest BCUT2D eigenvalue weighted by Crippen LogP contribution is -2.25. The van der Waals surface area contributed by atoms with Crippen LogP contribution in [0.4, 0.5) is 0 Å². The molecule has 2 heterocycles. The average molecular weight is 221 g/mol. The fourth-order valence-electron chi connectivity index (χ4n) is 1.35. The third-order valence-corrected chi connectivity index (χ3v) is 2.24. The fourth-order valence-corrected chi connectivity index (χ4v) is 1.35. The molecule has 6 heteroatoms. The maximum atomic E-state index is 11.7. The van der Waals surface area contributed by atoms with E-state index in [2.05, 4.69) is 4.98 Å². The van der Waals surface area contributed by atoms with Gasteiger partial charge >= 0.3 is 0 Å². The molecule has 16 heavy (non-hydrogen) atoms. The van der Waals surface area contributed by atoms with Crippen LogP contribution in [0.1, 0.15) is 10.5 Å². The Kier molecular flexibility index (Phi) is 2.49. The maximum Gasteiger partial charge on any atom is 0.297 e. The molecule has 84 valence electrons. The Morgan fingerprint density at radius 1 is 1.62 bits per heavy atom. The molecule has 0 bridgehead atoms. The molecule has 0 aromatic carbocycles. The molecular formula is C10H11N3O3. The predicted octanol–water partition coefficient (Wildman–Crippen LogP) is 0.673. The average Bonchev–Trinajstić information content (AvgIpc) is 2.72. The fraction of sp³-hybridized carbons (Fsp3) is 0.200. The Bertz CT molecular complexity index is 535. The van der Waals surface area contributed by atoms with Crippen molar-refractivity contribution in [3.05, 3.63) is 30.2 Å². The first-order valence-electron chi connectivity index (χ1n) is 4.62. The van der Waals surface area contributed by atoms with E-state index in [1.807, 2.05) is 0 Å². The number of hydrogen-bond donors (Lipinski definition) is 1. The number of pyridine rings is 1. The molecule has 0 aliphatic carbocycles. The van der Waals surface area contributed by atoms with Gasteiger partial charge in [-0.05, 0) is 12.1 Å². The van der Waals surface area contributed by atoms with Crippen molar-refractivity contribution in [3.8, 4) is 5.75 Å². The summed E-state index contributed by atoms with van der Waals surface area (Å²) in [5, 5.41) is 10.6. The second kappa shape index (κ2) is 3.82. The molecular weight excluding hydrogens is 210 g/mol. The minimum Gasteiger partial charge on any atom is -0.504 e. The van der Waals surface area contributed by atoms with Gasteiger partial charge in [-0.15, -0.1) is 0 Å². The zero-order valence-electron chi connectivity index (χ0n) is 8.91. The van der Waals surface area contributed by atoms with Crippen LogP contribution in [0.25, 0.3) is 5.65 Å². The van der Waals surface area contributed by atoms with Crippen LogP contribution in [0.5, 0.6) is 5.75 Å². The number of carbonyl (C=O) groups excluding carboxylic acids is 1. The summed E-state index contributed by atoms with van der Waals surface area (Å²) in [4.78, 5) is 20.5. The van der Waals surface area contributed by atoms with Gasteiger partial charge in [-0.25, -0.2) is 10.0 Å². The van der Waals surface area contributed by atoms with Gasteiger partial charge < -0.3 is 9.51 Å². The van der Waals surface area contributed by atoms with Gasteiger partial charge in [0.15, 0.2) is 11.4 Å². The van der Waals surface area contributed by atoms with E-state index in [0.29, 0.717) is 5.65 Å². The zero-order valence-corrected chi connectivity index (χ0v) is 8.91. The number of imidazole rings is 1. The number of hydrogen-bond acceptors (Lipinski definition) is 4. The van der Waals surface area contributed by atoms with Crippen molar-refractivity contribution in [2.24, 2.45) is 0 Å². The molecule has 0 aliphatic heterocycles. The monoisotopic (exact) mass is 221 g/mol. The maximum absolute atomic E-state index is 11.7. The van der Waals surface area contributed by atoms with Gasteiger partial charge in [0.05, 0.1) is 7.11 Å². The van der Waals surface area contributed by atoms with E-state index >= 15 is 0 Å². The summed E-state index contributed by atoms with van der Waals surface area (Å²) in [6.45, 7) is 0. The van der Waals surface area contributed by atoms with Crippen molar-refractivity contribution in [2.75, 3.05) is 14.2 Å². The number of rotatable bonds is 2. The third kappa shape index (κ3) is 1.59. The molecule has 2 rings (SSSR count). The lowest BCUT2D eigenvalue weighted by Gasteiger charge is -2.10. The number of amides is 1. The summed E-state index contributed by atoms with van der Waals surface area (Å²) in [7, 11) is 2.89. The molecule has 2 aromatic rings. The second-order valence-corrected chi connectivity index (χ2v) is 3.24. The summed E-state index contributed by atoms with van der Waals surface area (Å²) < 4.78 is 1.58. The van der Waals surface area contributed by atoms with Gasteiger partial charge in [0.2, 0.25) is 0 Å². The SMILES string of the molecule is CON(C)C(=O)c1cn2cccc(O)c2n1. The Labute approximate surface area is 91.6 Å². The molecule has 0 atom stereocenters. The topological polar surface area (TPSA) is 67.1 Å². The van der Waals surface area contributed by atoms with Gasteiger partial charge in [-0.2, -0.15) is 0 Å². The Balaban J connectivity index is 2.48. The number of aromatic hydroxyl groups is 1. The first-order valence-corrected chi connectivity index (χ1v) is 4.62. The molecule has 0 spiro atoms. The van der Waals surface area contributed by atoms with Gasteiger partial charge in [-0.1, -0.05) is 0 Å². The molecule has 0 aliphatic rings. The molecule has 6 nitrogen and oxygen atoms in total. The third-order valence-electron chi connectivity index (χ3n) is 2.24. The van der Waals surface area contributed by atoms with E-state index < -0.39 is 0 Å². The summed E-state index contributed by atoms with van der Waals surface area (Å²) >= 11 is 0. The van der Waals surface area contributed by atoms with E-state index in [1.54, 1.807) is 16.7 Å². The van der Waals surface area contributed by atoms with E-state index in [-0.39, 0.29) is 17.4 Å². The van der Waals surface area contributed by atoms with Crippen molar-refractivity contribution < 1.29 is 14.7 Å². The highest BCUT2D eigenvalue weighted by molar-refractivity contribution is 5.92. The molecule has 1 amide bonds. The summed E-state index contributed by atoms with van der Waals surface area (Å²) in [6.07, 6.45) is 3.23. The number of nitrogens with zero attached hydrogens (tertiary/aromatic N) is 3. The quantitative estimate of drug-likeness (QED) is 0.757. The largest absolute Gasteiger partial charge is 0.504 e. The Morgan fingerprint density at radius 2 is 2.38 bits per heavy atom. The van der Waals surface area contributed by atoms with Crippen molar-refractivity contribution >= 4 is 11.6 Å². The van der Waals surface area contributed by atoms with Gasteiger partial charge in [0, 0.05) is 19.4 Å². The van der Waals surface area contributed by atoms with Crippen molar-refractivity contribution in [1.29, 1.82) is 0 Å². The van der Waals surface area contributed by atoms with Gasteiger partial charge in [0.25, 0.3) is 5.91 Å². The van der Waals surface area contributed by atoms with Gasteiger partial charge in [-0.3, -0.25) is 9.63 Å². The molecule has 0 radical (unpaired) electrons. The normalized spacial score (nSPS) is 10.6. The Hall–Kier alpha value is -2.08. The van der Waals surface area contributed by atoms with Crippen LogP contribution >= 0.6 is 0 Å². The zero-order chi connectivity index (χ0) is 11.7. The van der Waals surface area contributed by atoms with Crippen LogP contribution < -0.4 is 0 Å². The van der Waals surface area contributed by atoms with Crippen LogP contribution in [-0.2, 0) is 4.84 Å². The number of hydroxylamine groups is 2. The van der Waals surface area contributed by atoms with Crippen LogP contribution in [0.15, 0.2) is 24.5 Å². The van der Waals surface area contributed by atoms with Crippen molar-refractivity contribution in [3.63, 3.8) is 0 Å². The molecule has 0 unspecified atom stereocenters. The Morgan fingerprint density at radius 3 is 3.00 bits per heavy atom. The smallest absolute Gasteiger partial charge is 0.297 e. The number of fused-ring (bicyclic) bond motifs is 1. The van der Waals surface area contributed by atoms with Gasteiger partial charge in [0.1, 0.15) is 5.69 Å². The summed E-state index contributed by atoms with van der Waals surface area (Å²) in [5.41, 5.74) is 0.557. The predicted molar refractivity (Wildman–Crippen MR) is 56.0 cm³/mol. The lowest BCUT2D eigenvalue weighted by molar-refractivity contribution is -0.0760. The lowest BCUT2D eigenvalue weighted by atomic mass is 10.4. The summed E-state index contributed by atoms with van der Waals surface area (Å²) in [6, 6.07) is 3.18. The van der Waals surface area contributed by atoms with Crippen molar-refractivity contribution in [1.82, 2.24) is 14.4 Å². The minimum atomic E-state index is -0.370. The highest BCUT2D eigenvalue weighted by atomic mass is 16.7. The van der Waals surface area contributed by atoms with E-state index in [0.717, 1.165) is 5.06 Å². The van der Waals surface area contributed by atoms with E-state index in [9.17, 15) is 9.90 Å². The van der Waals surface area contributed by atoms with Crippen LogP contribution in [-0.4, -0.2) is 39.6 Å². The first kappa shape index (κ1) is 10.4. The highest BCUT2D eigenvalue weighted by Gasteiger charge is 2.16. The molecule has 1 N–H and O–H groups in total. The van der Waals surface area contributed by atoms with Crippen LogP contribution in [0, 0.1) is 0 Å². The van der Waals surface area contributed by atoms with E-state index in [1.165, 1.54) is 26.4 Å². The molecule has 2 aromatic heterocycles. The molecule has 0 saturated carbocycles. The van der Waals surface area contributed by atoms with E-state index in [4.69, 9.17) is 4.84 Å². The van der Waals surface area contributed by atoms with Crippen molar-refractivity contribution in [2.45, 2.75) is 0 Å². The number of carbonyl (C=O) groups is 1. The molecule has 0 saturated heterocycles. The van der Waals surface area contributed by atoms with Crippen LogP contribution in [0.2, 0.25) is 0 Å². The first-order chi connectivity index (χ1) is 7.63. The standard InChI is InChI=1S/C10H11N3O3/c1-12(16-2)10(15)7-6-13-5-3-4-8(14)9(13)11-7/h3-6,14H,1-2H3. The van der Waals surface area contributed by atoms with Crippen LogP contribution in [0.3, 0.4) is 0 Å². The minimum absolute atomic E-state index is 0.0293.